The van der Waals surface area contributed by atoms with Crippen LogP contribution in [0.5, 0.6) is 0 Å². The lowest BCUT2D eigenvalue weighted by Crippen LogP contribution is -2.45. The molecular formula is C17H28N6OS. The second-order valence-corrected chi connectivity index (χ2v) is 8.54. The lowest BCUT2D eigenvalue weighted by atomic mass is 9.96. The van der Waals surface area contributed by atoms with Gasteiger partial charge in [0.1, 0.15) is 0 Å². The third-order valence-corrected chi connectivity index (χ3v) is 6.61. The van der Waals surface area contributed by atoms with E-state index in [4.69, 9.17) is 0 Å². The summed E-state index contributed by atoms with van der Waals surface area (Å²) in [6.45, 7) is 2.26. The first-order chi connectivity index (χ1) is 12.3. The first-order valence-corrected chi connectivity index (χ1v) is 10.7. The summed E-state index contributed by atoms with van der Waals surface area (Å²) in [4.78, 5) is 14.9. The highest BCUT2D eigenvalue weighted by molar-refractivity contribution is 7.99. The Bertz CT molecular complexity index is 575. The van der Waals surface area contributed by atoms with Gasteiger partial charge in [0.15, 0.2) is 0 Å². The Kier molecular flexibility index (Phi) is 5.55. The van der Waals surface area contributed by atoms with Gasteiger partial charge in [0.25, 0.3) is 0 Å². The summed E-state index contributed by atoms with van der Waals surface area (Å²) in [5.41, 5.74) is 0. The molecule has 2 saturated carbocycles. The maximum atomic E-state index is 12.3. The van der Waals surface area contributed by atoms with E-state index in [1.165, 1.54) is 43.9 Å². The highest BCUT2D eigenvalue weighted by Gasteiger charge is 2.32. The summed E-state index contributed by atoms with van der Waals surface area (Å²) in [5, 5.41) is 16.1. The Morgan fingerprint density at radius 1 is 1.04 bits per heavy atom. The molecule has 0 radical (unpaired) electrons. The van der Waals surface area contributed by atoms with Crippen LogP contribution in [0.1, 0.15) is 63.8 Å². The van der Waals surface area contributed by atoms with Gasteiger partial charge in [-0.25, -0.2) is 4.68 Å². The fourth-order valence-corrected chi connectivity index (χ4v) is 4.84. The molecule has 4 rings (SSSR count). The molecule has 2 heterocycles. The van der Waals surface area contributed by atoms with Gasteiger partial charge in [0.05, 0.1) is 11.8 Å². The Balaban J connectivity index is 1.22. The summed E-state index contributed by atoms with van der Waals surface area (Å²) in [7, 11) is 0. The number of nitrogens with one attached hydrogen (secondary N) is 1. The quantitative estimate of drug-likeness (QED) is 0.778. The molecule has 1 aromatic rings. The molecule has 0 bridgehead atoms. The van der Waals surface area contributed by atoms with Gasteiger partial charge in [0, 0.05) is 25.2 Å². The van der Waals surface area contributed by atoms with Crippen molar-refractivity contribution in [2.45, 2.75) is 81.1 Å². The first-order valence-electron chi connectivity index (χ1n) is 9.73. The van der Waals surface area contributed by atoms with Gasteiger partial charge in [-0.1, -0.05) is 31.0 Å². The van der Waals surface area contributed by atoms with Crippen molar-refractivity contribution in [3.05, 3.63) is 0 Å². The molecule has 1 N–H and O–H groups in total. The van der Waals surface area contributed by atoms with Crippen LogP contribution >= 0.6 is 11.8 Å². The zero-order valence-electron chi connectivity index (χ0n) is 14.8. The number of rotatable bonds is 6. The molecule has 2 aliphatic carbocycles. The molecule has 8 heteroatoms. The highest BCUT2D eigenvalue weighted by Crippen LogP contribution is 2.31. The Labute approximate surface area is 153 Å². The number of thioether (sulfide) groups is 1. The molecule has 3 fully saturated rings. The molecule has 0 spiro atoms. The topological polar surface area (TPSA) is 75.9 Å². The van der Waals surface area contributed by atoms with Crippen LogP contribution in [0.3, 0.4) is 0 Å². The number of tetrazole rings is 1. The van der Waals surface area contributed by atoms with Crippen molar-refractivity contribution in [2.75, 3.05) is 18.8 Å². The molecule has 1 aromatic heterocycles. The van der Waals surface area contributed by atoms with Crippen LogP contribution in [0.4, 0.5) is 0 Å². The number of likely N-dealkylation sites (tertiary alicyclic amines) is 1. The van der Waals surface area contributed by atoms with Crippen LogP contribution in [0.2, 0.25) is 0 Å². The van der Waals surface area contributed by atoms with E-state index in [9.17, 15) is 4.79 Å². The van der Waals surface area contributed by atoms with Crippen LogP contribution in [0.15, 0.2) is 5.16 Å². The zero-order valence-corrected chi connectivity index (χ0v) is 15.6. The van der Waals surface area contributed by atoms with Crippen molar-refractivity contribution >= 4 is 17.7 Å². The van der Waals surface area contributed by atoms with Gasteiger partial charge < -0.3 is 10.2 Å². The predicted molar refractivity (Wildman–Crippen MR) is 96.4 cm³/mol. The number of nitrogens with zero attached hydrogens (tertiary/aromatic N) is 5. The minimum absolute atomic E-state index is 0.105. The Hall–Kier alpha value is -1.15. The molecule has 25 heavy (non-hydrogen) atoms. The predicted octanol–water partition coefficient (Wildman–Crippen LogP) is 2.01. The van der Waals surface area contributed by atoms with Gasteiger partial charge in [-0.15, -0.1) is 5.10 Å². The third-order valence-electron chi connectivity index (χ3n) is 5.67. The van der Waals surface area contributed by atoms with Gasteiger partial charge in [-0.2, -0.15) is 0 Å². The summed E-state index contributed by atoms with van der Waals surface area (Å²) >= 11 is 1.46. The summed E-state index contributed by atoms with van der Waals surface area (Å²) in [6.07, 6.45) is 11.0. The van der Waals surface area contributed by atoms with Crippen LogP contribution in [-0.2, 0) is 4.79 Å². The lowest BCUT2D eigenvalue weighted by molar-refractivity contribution is -0.119. The number of carbonyl (C=O) groups is 1. The van der Waals surface area contributed by atoms with E-state index in [1.807, 2.05) is 4.68 Å². The van der Waals surface area contributed by atoms with E-state index in [1.54, 1.807) is 0 Å². The average Bonchev–Trinajstić information content (AvgIpc) is 3.39. The van der Waals surface area contributed by atoms with Gasteiger partial charge >= 0.3 is 0 Å². The maximum absolute atomic E-state index is 12.3. The number of hydrogen-bond acceptors (Lipinski definition) is 6. The summed E-state index contributed by atoms with van der Waals surface area (Å²) in [5.74, 6) is 0.503. The molecule has 0 aromatic carbocycles. The van der Waals surface area contributed by atoms with E-state index in [0.29, 0.717) is 17.8 Å². The van der Waals surface area contributed by atoms with E-state index in [-0.39, 0.29) is 5.91 Å². The first kappa shape index (κ1) is 17.3. The van der Waals surface area contributed by atoms with Gasteiger partial charge in [0.2, 0.25) is 11.1 Å². The molecule has 0 unspecified atom stereocenters. The summed E-state index contributed by atoms with van der Waals surface area (Å²) in [6, 6.07) is 1.57. The molecule has 0 atom stereocenters. The average molecular weight is 365 g/mol. The largest absolute Gasteiger partial charge is 0.353 e. The highest BCUT2D eigenvalue weighted by atomic mass is 32.2. The van der Waals surface area contributed by atoms with Gasteiger partial charge in [-0.05, 0) is 49.0 Å². The van der Waals surface area contributed by atoms with E-state index >= 15 is 0 Å². The Morgan fingerprint density at radius 3 is 2.52 bits per heavy atom. The minimum atomic E-state index is 0.105. The monoisotopic (exact) mass is 364 g/mol. The van der Waals surface area contributed by atoms with Crippen LogP contribution < -0.4 is 5.32 Å². The molecule has 3 aliphatic rings. The van der Waals surface area contributed by atoms with Crippen molar-refractivity contribution in [1.82, 2.24) is 30.4 Å². The SMILES string of the molecule is O=C(CSc1nnnn1C1CCCCC1)NC1CCN(C2CC2)CC1. The number of carbonyl (C=O) groups excluding carboxylic acids is 1. The van der Waals surface area contributed by atoms with Crippen LogP contribution in [0, 0.1) is 0 Å². The van der Waals surface area contributed by atoms with Crippen LogP contribution in [0.25, 0.3) is 0 Å². The summed E-state index contributed by atoms with van der Waals surface area (Å²) < 4.78 is 1.94. The van der Waals surface area contributed by atoms with Crippen molar-refractivity contribution in [3.63, 3.8) is 0 Å². The lowest BCUT2D eigenvalue weighted by Gasteiger charge is -2.32. The van der Waals surface area contributed by atoms with E-state index < -0.39 is 0 Å². The molecule has 7 nitrogen and oxygen atoms in total. The molecule has 1 aliphatic heterocycles. The second kappa shape index (κ2) is 8.03. The standard InChI is InChI=1S/C17H28N6OS/c24-16(18-13-8-10-22(11-9-13)14-6-7-14)12-25-17-19-20-21-23(17)15-4-2-1-3-5-15/h13-15H,1-12H2,(H,18,24). The normalized spacial score (nSPS) is 23.7. The van der Waals surface area contributed by atoms with Crippen molar-refractivity contribution in [1.29, 1.82) is 0 Å². The maximum Gasteiger partial charge on any atom is 0.230 e. The van der Waals surface area contributed by atoms with Gasteiger partial charge in [-0.3, -0.25) is 4.79 Å². The number of piperidine rings is 1. The van der Waals surface area contributed by atoms with Crippen molar-refractivity contribution < 1.29 is 4.79 Å². The number of amides is 1. The smallest absolute Gasteiger partial charge is 0.230 e. The zero-order chi connectivity index (χ0) is 17.1. The second-order valence-electron chi connectivity index (χ2n) is 7.60. The molecule has 1 saturated heterocycles. The molecular weight excluding hydrogens is 336 g/mol. The fraction of sp³-hybridized carbons (Fsp3) is 0.882. The minimum Gasteiger partial charge on any atom is -0.353 e. The Morgan fingerprint density at radius 2 is 1.80 bits per heavy atom. The van der Waals surface area contributed by atoms with E-state index in [0.717, 1.165) is 50.0 Å². The van der Waals surface area contributed by atoms with Crippen LogP contribution in [-0.4, -0.2) is 61.9 Å². The third kappa shape index (κ3) is 4.53. The number of hydrogen-bond donors (Lipinski definition) is 1. The molecule has 1 amide bonds. The van der Waals surface area contributed by atoms with E-state index in [2.05, 4.69) is 25.7 Å². The van der Waals surface area contributed by atoms with Crippen molar-refractivity contribution in [2.24, 2.45) is 0 Å². The number of aromatic nitrogens is 4. The molecule has 138 valence electrons. The fourth-order valence-electron chi connectivity index (χ4n) is 4.08. The van der Waals surface area contributed by atoms with Crippen molar-refractivity contribution in [3.8, 4) is 0 Å².